The van der Waals surface area contributed by atoms with Crippen molar-refractivity contribution in [3.05, 3.63) is 23.9 Å². The molecule has 0 aliphatic carbocycles. The Bertz CT molecular complexity index is 489. The number of guanidine groups is 1. The SMILES string of the molecule is CCCN=C(NC(=O)OC(C)(C)C)Nc1ccc(C)cn1. The van der Waals surface area contributed by atoms with Gasteiger partial charge in [-0.3, -0.25) is 10.3 Å². The second-order valence-corrected chi connectivity index (χ2v) is 5.70. The Morgan fingerprint density at radius 2 is 2.10 bits per heavy atom. The second kappa shape index (κ2) is 7.61. The van der Waals surface area contributed by atoms with E-state index in [1.165, 1.54) is 0 Å². The van der Waals surface area contributed by atoms with E-state index in [1.54, 1.807) is 6.20 Å². The summed E-state index contributed by atoms with van der Waals surface area (Å²) in [6.45, 7) is 10.0. The molecule has 6 nitrogen and oxygen atoms in total. The number of aryl methyl sites for hydroxylation is 1. The smallest absolute Gasteiger partial charge is 0.414 e. The van der Waals surface area contributed by atoms with Gasteiger partial charge in [0.2, 0.25) is 5.96 Å². The Morgan fingerprint density at radius 1 is 1.38 bits per heavy atom. The van der Waals surface area contributed by atoms with Crippen molar-refractivity contribution in [2.24, 2.45) is 4.99 Å². The van der Waals surface area contributed by atoms with Crippen LogP contribution in [0.2, 0.25) is 0 Å². The molecule has 0 saturated carbocycles. The molecule has 1 rings (SSSR count). The first-order valence-electron chi connectivity index (χ1n) is 7.04. The Kier molecular flexibility index (Phi) is 6.14. The zero-order valence-electron chi connectivity index (χ0n) is 13.4. The number of alkyl carbamates (subject to hydrolysis) is 1. The first-order chi connectivity index (χ1) is 9.80. The first kappa shape index (κ1) is 16.9. The highest BCUT2D eigenvalue weighted by Gasteiger charge is 2.17. The fourth-order valence-electron chi connectivity index (χ4n) is 1.40. The Hall–Kier alpha value is -2.11. The number of pyridine rings is 1. The molecule has 0 bridgehead atoms. The van der Waals surface area contributed by atoms with E-state index in [9.17, 15) is 4.79 Å². The molecule has 1 heterocycles. The molecule has 0 fully saturated rings. The molecule has 0 aliphatic heterocycles. The minimum absolute atomic E-state index is 0.336. The third kappa shape index (κ3) is 7.29. The lowest BCUT2D eigenvalue weighted by atomic mass is 10.2. The van der Waals surface area contributed by atoms with Crippen LogP contribution in [0, 0.1) is 6.92 Å². The molecule has 0 saturated heterocycles. The Labute approximate surface area is 126 Å². The Morgan fingerprint density at radius 3 is 2.62 bits per heavy atom. The molecular weight excluding hydrogens is 268 g/mol. The van der Waals surface area contributed by atoms with Crippen molar-refractivity contribution in [2.75, 3.05) is 11.9 Å². The van der Waals surface area contributed by atoms with Crippen molar-refractivity contribution in [1.82, 2.24) is 10.3 Å². The standard InChI is InChI=1S/C15H24N4O2/c1-6-9-16-13(19-14(20)21-15(3,4)5)18-12-8-7-11(2)10-17-12/h7-8,10H,6,9H2,1-5H3,(H2,16,17,18,19,20). The summed E-state index contributed by atoms with van der Waals surface area (Å²) < 4.78 is 5.21. The van der Waals surface area contributed by atoms with Gasteiger partial charge in [0.05, 0.1) is 0 Å². The summed E-state index contributed by atoms with van der Waals surface area (Å²) in [7, 11) is 0. The van der Waals surface area contributed by atoms with Crippen LogP contribution in [0.1, 0.15) is 39.7 Å². The monoisotopic (exact) mass is 292 g/mol. The van der Waals surface area contributed by atoms with Gasteiger partial charge < -0.3 is 10.1 Å². The number of nitrogens with one attached hydrogen (secondary N) is 2. The quantitative estimate of drug-likeness (QED) is 0.663. The van der Waals surface area contributed by atoms with E-state index in [1.807, 2.05) is 46.8 Å². The predicted molar refractivity (Wildman–Crippen MR) is 84.6 cm³/mol. The number of amides is 1. The van der Waals surface area contributed by atoms with Crippen LogP contribution in [-0.4, -0.2) is 29.2 Å². The number of anilines is 1. The molecule has 21 heavy (non-hydrogen) atoms. The van der Waals surface area contributed by atoms with E-state index in [4.69, 9.17) is 4.74 Å². The highest BCUT2D eigenvalue weighted by molar-refractivity contribution is 6.01. The van der Waals surface area contributed by atoms with Gasteiger partial charge in [0.15, 0.2) is 0 Å². The van der Waals surface area contributed by atoms with Gasteiger partial charge in [-0.15, -0.1) is 0 Å². The molecular formula is C15H24N4O2. The van der Waals surface area contributed by atoms with Crippen LogP contribution in [0.25, 0.3) is 0 Å². The molecule has 0 atom stereocenters. The van der Waals surface area contributed by atoms with E-state index in [0.717, 1.165) is 12.0 Å². The third-order valence-corrected chi connectivity index (χ3v) is 2.27. The maximum Gasteiger partial charge on any atom is 0.414 e. The number of hydrogen-bond donors (Lipinski definition) is 2. The normalized spacial score (nSPS) is 12.0. The summed E-state index contributed by atoms with van der Waals surface area (Å²) in [5.41, 5.74) is 0.509. The Balaban J connectivity index is 2.72. The maximum atomic E-state index is 11.8. The van der Waals surface area contributed by atoms with Gasteiger partial charge in [-0.05, 0) is 45.7 Å². The van der Waals surface area contributed by atoms with E-state index in [-0.39, 0.29) is 0 Å². The van der Waals surface area contributed by atoms with Crippen LogP contribution in [0.15, 0.2) is 23.3 Å². The number of carbonyl (C=O) groups is 1. The zero-order valence-corrected chi connectivity index (χ0v) is 13.4. The van der Waals surface area contributed by atoms with Crippen LogP contribution in [0.3, 0.4) is 0 Å². The molecule has 1 aromatic heterocycles. The number of nitrogens with zero attached hydrogens (tertiary/aromatic N) is 2. The summed E-state index contributed by atoms with van der Waals surface area (Å²) in [4.78, 5) is 20.3. The van der Waals surface area contributed by atoms with Crippen molar-refractivity contribution in [3.63, 3.8) is 0 Å². The number of rotatable bonds is 3. The summed E-state index contributed by atoms with van der Waals surface area (Å²) in [6.07, 6.45) is 2.08. The van der Waals surface area contributed by atoms with Gasteiger partial charge in [0.1, 0.15) is 11.4 Å². The number of aromatic nitrogens is 1. The maximum absolute atomic E-state index is 11.8. The molecule has 0 radical (unpaired) electrons. The molecule has 0 unspecified atom stereocenters. The highest BCUT2D eigenvalue weighted by Crippen LogP contribution is 2.07. The molecule has 0 spiro atoms. The van der Waals surface area contributed by atoms with E-state index >= 15 is 0 Å². The van der Waals surface area contributed by atoms with Crippen LogP contribution < -0.4 is 10.6 Å². The van der Waals surface area contributed by atoms with Crippen molar-refractivity contribution in [2.45, 2.75) is 46.6 Å². The molecule has 0 aliphatic rings. The van der Waals surface area contributed by atoms with E-state index in [0.29, 0.717) is 18.3 Å². The van der Waals surface area contributed by atoms with Gasteiger partial charge in [-0.25, -0.2) is 9.78 Å². The second-order valence-electron chi connectivity index (χ2n) is 5.70. The molecule has 6 heteroatoms. The lowest BCUT2D eigenvalue weighted by Gasteiger charge is -2.20. The fraction of sp³-hybridized carbons (Fsp3) is 0.533. The van der Waals surface area contributed by atoms with Crippen molar-refractivity contribution < 1.29 is 9.53 Å². The lowest BCUT2D eigenvalue weighted by Crippen LogP contribution is -2.40. The van der Waals surface area contributed by atoms with Crippen molar-refractivity contribution >= 4 is 17.9 Å². The van der Waals surface area contributed by atoms with E-state index < -0.39 is 11.7 Å². The molecule has 1 aromatic rings. The molecule has 2 N–H and O–H groups in total. The summed E-state index contributed by atoms with van der Waals surface area (Å²) >= 11 is 0. The predicted octanol–water partition coefficient (Wildman–Crippen LogP) is 3.09. The number of carbonyl (C=O) groups excluding carboxylic acids is 1. The molecule has 1 amide bonds. The zero-order chi connectivity index (χ0) is 15.9. The summed E-state index contributed by atoms with van der Waals surface area (Å²) in [5, 5.41) is 5.59. The minimum atomic E-state index is -0.554. The van der Waals surface area contributed by atoms with E-state index in [2.05, 4.69) is 20.6 Å². The fourth-order valence-corrected chi connectivity index (χ4v) is 1.40. The summed E-state index contributed by atoms with van der Waals surface area (Å²) in [6, 6.07) is 3.76. The average molecular weight is 292 g/mol. The number of aliphatic imine (C=N–C) groups is 1. The largest absolute Gasteiger partial charge is 0.444 e. The summed E-state index contributed by atoms with van der Waals surface area (Å²) in [5.74, 6) is 0.953. The number of ether oxygens (including phenoxy) is 1. The van der Waals surface area contributed by atoms with Crippen LogP contribution >= 0.6 is 0 Å². The van der Waals surface area contributed by atoms with Crippen LogP contribution in [0.5, 0.6) is 0 Å². The van der Waals surface area contributed by atoms with Crippen LogP contribution in [-0.2, 0) is 4.74 Å². The van der Waals surface area contributed by atoms with Gasteiger partial charge in [0, 0.05) is 12.7 Å². The highest BCUT2D eigenvalue weighted by atomic mass is 16.6. The molecule has 0 aromatic carbocycles. The first-order valence-corrected chi connectivity index (χ1v) is 7.04. The number of hydrogen-bond acceptors (Lipinski definition) is 4. The minimum Gasteiger partial charge on any atom is -0.444 e. The lowest BCUT2D eigenvalue weighted by molar-refractivity contribution is 0.0563. The van der Waals surface area contributed by atoms with Crippen molar-refractivity contribution in [3.8, 4) is 0 Å². The third-order valence-electron chi connectivity index (χ3n) is 2.27. The van der Waals surface area contributed by atoms with Gasteiger partial charge in [-0.2, -0.15) is 0 Å². The van der Waals surface area contributed by atoms with Crippen molar-refractivity contribution in [1.29, 1.82) is 0 Å². The van der Waals surface area contributed by atoms with Crippen LogP contribution in [0.4, 0.5) is 10.6 Å². The van der Waals surface area contributed by atoms with Gasteiger partial charge >= 0.3 is 6.09 Å². The van der Waals surface area contributed by atoms with Gasteiger partial charge in [0.25, 0.3) is 0 Å². The molecule has 116 valence electrons. The average Bonchev–Trinajstić information content (AvgIpc) is 2.36. The van der Waals surface area contributed by atoms with Gasteiger partial charge in [-0.1, -0.05) is 13.0 Å². The topological polar surface area (TPSA) is 75.6 Å².